The molecule has 5 nitrogen and oxygen atoms in total. The van der Waals surface area contributed by atoms with Crippen LogP contribution in [0.5, 0.6) is 5.75 Å². The van der Waals surface area contributed by atoms with Crippen LogP contribution in [-0.2, 0) is 9.47 Å². The van der Waals surface area contributed by atoms with Crippen LogP contribution in [-0.4, -0.2) is 31.0 Å². The fraction of sp³-hybridized carbons (Fsp3) is 0.562. The predicted molar refractivity (Wildman–Crippen MR) is 81.0 cm³/mol. The molecule has 0 aliphatic carbocycles. The monoisotopic (exact) mass is 293 g/mol. The Balaban J connectivity index is 2.03. The van der Waals surface area contributed by atoms with Crippen LogP contribution in [0.3, 0.4) is 0 Å². The first-order valence-corrected chi connectivity index (χ1v) is 7.11. The Morgan fingerprint density at radius 2 is 2.00 bits per heavy atom. The van der Waals surface area contributed by atoms with Crippen molar-refractivity contribution in [2.45, 2.75) is 46.3 Å². The van der Waals surface area contributed by atoms with Gasteiger partial charge in [-0.05, 0) is 57.9 Å². The maximum Gasteiger partial charge on any atom is 0.412 e. The largest absolute Gasteiger partial charge is 0.491 e. The normalized spacial score (nSPS) is 17.3. The molecule has 5 heteroatoms. The number of hydrogen-bond donors (Lipinski definition) is 1. The minimum atomic E-state index is -0.514. The fourth-order valence-corrected chi connectivity index (χ4v) is 1.85. The van der Waals surface area contributed by atoms with Crippen molar-refractivity contribution in [3.8, 4) is 5.75 Å². The topological polar surface area (TPSA) is 60.1 Å². The van der Waals surface area contributed by atoms with Crippen LogP contribution < -0.4 is 10.1 Å². The number of hydrogen-bond acceptors (Lipinski definition) is 4. The molecule has 2 rings (SSSR count). The smallest absolute Gasteiger partial charge is 0.412 e. The zero-order valence-corrected chi connectivity index (χ0v) is 13.3. The zero-order chi connectivity index (χ0) is 15.6. The number of anilines is 1. The van der Waals surface area contributed by atoms with Crippen molar-refractivity contribution < 1.29 is 19.0 Å². The summed E-state index contributed by atoms with van der Waals surface area (Å²) in [7, 11) is 0. The van der Waals surface area contributed by atoms with Crippen molar-refractivity contribution in [2.24, 2.45) is 0 Å². The summed E-state index contributed by atoms with van der Waals surface area (Å²) < 4.78 is 16.1. The molecular formula is C16H23NO4. The van der Waals surface area contributed by atoms with Gasteiger partial charge in [-0.2, -0.15) is 0 Å². The fourth-order valence-electron chi connectivity index (χ4n) is 1.85. The van der Waals surface area contributed by atoms with E-state index < -0.39 is 11.7 Å². The summed E-state index contributed by atoms with van der Waals surface area (Å²) in [5.41, 5.74) is 2.19. The van der Waals surface area contributed by atoms with Gasteiger partial charge < -0.3 is 14.2 Å². The average Bonchev–Trinajstić information content (AvgIpc) is 3.16. The quantitative estimate of drug-likeness (QED) is 0.864. The number of carbonyl (C=O) groups is 1. The lowest BCUT2D eigenvalue weighted by atomic mass is 10.1. The molecule has 0 spiro atoms. The Morgan fingerprint density at radius 3 is 2.57 bits per heavy atom. The third kappa shape index (κ3) is 4.63. The Bertz CT molecular complexity index is 530. The van der Waals surface area contributed by atoms with Crippen LogP contribution in [0, 0.1) is 13.8 Å². The van der Waals surface area contributed by atoms with Crippen molar-refractivity contribution in [3.05, 3.63) is 23.3 Å². The second-order valence-electron chi connectivity index (χ2n) is 6.25. The Kier molecular flexibility index (Phi) is 4.42. The SMILES string of the molecule is Cc1c(NC(=O)OC(C)(C)C)ccc(OC[C@@H]2CO2)c1C. The molecule has 0 saturated carbocycles. The minimum Gasteiger partial charge on any atom is -0.491 e. The molecule has 1 aromatic rings. The Labute approximate surface area is 125 Å². The molecule has 1 heterocycles. The lowest BCUT2D eigenvalue weighted by molar-refractivity contribution is 0.0636. The number of rotatable bonds is 4. The van der Waals surface area contributed by atoms with Crippen LogP contribution in [0.2, 0.25) is 0 Å². The molecule has 1 saturated heterocycles. The standard InChI is InChI=1S/C16H23NO4/c1-10-11(2)14(20-9-12-8-19-12)7-6-13(10)17-15(18)21-16(3,4)5/h6-7,12H,8-9H2,1-5H3,(H,17,18)/t12-/m0/s1. The van der Waals surface area contributed by atoms with Gasteiger partial charge in [0.25, 0.3) is 0 Å². The highest BCUT2D eigenvalue weighted by molar-refractivity contribution is 5.86. The summed E-state index contributed by atoms with van der Waals surface area (Å²) in [4.78, 5) is 11.8. The van der Waals surface area contributed by atoms with Gasteiger partial charge in [0.15, 0.2) is 0 Å². The maximum absolute atomic E-state index is 11.8. The second-order valence-corrected chi connectivity index (χ2v) is 6.25. The summed E-state index contributed by atoms with van der Waals surface area (Å²) in [6.07, 6.45) is -0.227. The third-order valence-corrected chi connectivity index (χ3v) is 3.20. The van der Waals surface area contributed by atoms with Crippen molar-refractivity contribution >= 4 is 11.8 Å². The Hall–Kier alpha value is -1.75. The lowest BCUT2D eigenvalue weighted by Crippen LogP contribution is -2.27. The molecule has 0 aromatic heterocycles. The molecular weight excluding hydrogens is 270 g/mol. The van der Waals surface area contributed by atoms with Crippen molar-refractivity contribution in [3.63, 3.8) is 0 Å². The van der Waals surface area contributed by atoms with Crippen LogP contribution >= 0.6 is 0 Å². The van der Waals surface area contributed by atoms with Gasteiger partial charge >= 0.3 is 6.09 Å². The van der Waals surface area contributed by atoms with Gasteiger partial charge in [-0.25, -0.2) is 4.79 Å². The van der Waals surface area contributed by atoms with E-state index in [0.717, 1.165) is 29.2 Å². The van der Waals surface area contributed by atoms with Crippen molar-refractivity contribution in [1.82, 2.24) is 0 Å². The van der Waals surface area contributed by atoms with E-state index in [2.05, 4.69) is 5.32 Å². The second kappa shape index (κ2) is 5.93. The zero-order valence-electron chi connectivity index (χ0n) is 13.3. The number of carbonyl (C=O) groups excluding carboxylic acids is 1. The molecule has 0 radical (unpaired) electrons. The summed E-state index contributed by atoms with van der Waals surface area (Å²) in [5.74, 6) is 0.817. The number of epoxide rings is 1. The first kappa shape index (κ1) is 15.6. The van der Waals surface area contributed by atoms with Gasteiger partial charge in [0.05, 0.1) is 6.61 Å². The molecule has 1 aliphatic rings. The minimum absolute atomic E-state index is 0.226. The highest BCUT2D eigenvalue weighted by Crippen LogP contribution is 2.28. The van der Waals surface area contributed by atoms with Crippen LogP contribution in [0.4, 0.5) is 10.5 Å². The van der Waals surface area contributed by atoms with Gasteiger partial charge in [-0.3, -0.25) is 5.32 Å². The van der Waals surface area contributed by atoms with Crippen LogP contribution in [0.15, 0.2) is 12.1 Å². The molecule has 21 heavy (non-hydrogen) atoms. The van der Waals surface area contributed by atoms with Crippen LogP contribution in [0.25, 0.3) is 0 Å². The molecule has 0 bridgehead atoms. The summed E-state index contributed by atoms with van der Waals surface area (Å²) in [6, 6.07) is 3.69. The number of benzene rings is 1. The highest BCUT2D eigenvalue weighted by Gasteiger charge is 2.23. The van der Waals surface area contributed by atoms with Gasteiger partial charge in [-0.1, -0.05) is 0 Å². The predicted octanol–water partition coefficient (Wildman–Crippen LogP) is 3.43. The highest BCUT2D eigenvalue weighted by atomic mass is 16.6. The van der Waals surface area contributed by atoms with E-state index in [-0.39, 0.29) is 6.10 Å². The number of ether oxygens (including phenoxy) is 3. The number of nitrogens with one attached hydrogen (secondary N) is 1. The molecule has 116 valence electrons. The van der Waals surface area contributed by atoms with Crippen LogP contribution in [0.1, 0.15) is 31.9 Å². The van der Waals surface area contributed by atoms with Crippen molar-refractivity contribution in [2.75, 3.05) is 18.5 Å². The molecule has 1 fully saturated rings. The van der Waals surface area contributed by atoms with E-state index in [0.29, 0.717) is 6.61 Å². The van der Waals surface area contributed by atoms with Gasteiger partial charge in [0.2, 0.25) is 0 Å². The molecule has 0 unspecified atom stereocenters. The van der Waals surface area contributed by atoms with Gasteiger partial charge in [0, 0.05) is 5.69 Å². The first-order valence-electron chi connectivity index (χ1n) is 7.11. The lowest BCUT2D eigenvalue weighted by Gasteiger charge is -2.21. The third-order valence-electron chi connectivity index (χ3n) is 3.20. The summed E-state index contributed by atoms with van der Waals surface area (Å²) in [6.45, 7) is 10.8. The van der Waals surface area contributed by atoms with E-state index in [1.807, 2.05) is 46.8 Å². The molecule has 1 N–H and O–H groups in total. The van der Waals surface area contributed by atoms with Crippen molar-refractivity contribution in [1.29, 1.82) is 0 Å². The Morgan fingerprint density at radius 1 is 1.33 bits per heavy atom. The van der Waals surface area contributed by atoms with E-state index in [9.17, 15) is 4.79 Å². The number of amides is 1. The average molecular weight is 293 g/mol. The summed E-state index contributed by atoms with van der Waals surface area (Å²) >= 11 is 0. The molecule has 1 amide bonds. The van der Waals surface area contributed by atoms with Gasteiger partial charge in [0.1, 0.15) is 24.1 Å². The van der Waals surface area contributed by atoms with E-state index in [1.165, 1.54) is 0 Å². The summed E-state index contributed by atoms with van der Waals surface area (Å²) in [5, 5.41) is 2.77. The van der Waals surface area contributed by atoms with E-state index in [1.54, 1.807) is 0 Å². The first-order chi connectivity index (χ1) is 9.76. The maximum atomic E-state index is 11.8. The molecule has 1 aliphatic heterocycles. The van der Waals surface area contributed by atoms with E-state index in [4.69, 9.17) is 14.2 Å². The van der Waals surface area contributed by atoms with Gasteiger partial charge in [-0.15, -0.1) is 0 Å². The molecule has 1 atom stereocenters. The van der Waals surface area contributed by atoms with E-state index >= 15 is 0 Å². The molecule has 1 aromatic carbocycles.